The minimum atomic E-state index is -0.0705. The molecule has 0 radical (unpaired) electrons. The molecule has 208 valence electrons. The monoisotopic (exact) mass is 575 g/mol. The van der Waals surface area contributed by atoms with Crippen molar-refractivity contribution in [1.82, 2.24) is 4.57 Å². The minimum Gasteiger partial charge on any atom is -0.458 e. The average molecular weight is 575 g/mol. The summed E-state index contributed by atoms with van der Waals surface area (Å²) in [6.07, 6.45) is 0. The number of aromatic nitrogens is 1. The Morgan fingerprint density at radius 3 is 1.87 bits per heavy atom. The summed E-state index contributed by atoms with van der Waals surface area (Å²) in [6, 6.07) is 46.9. The molecule has 0 N–H and O–H groups in total. The Bertz CT molecular complexity index is 2680. The maximum atomic E-state index is 6.86. The van der Waals surface area contributed by atoms with Crippen molar-refractivity contribution >= 4 is 77.6 Å². The SMILES string of the molecule is c1ccc2c3c(ccc2c1)Oc1cc(-n2c4ccccc4c4ccccc42)cc2c1B3c1cc3c(cc1O2)oc1ccccc13. The molecule has 4 nitrogen and oxygen atoms in total. The van der Waals surface area contributed by atoms with E-state index >= 15 is 0 Å². The third kappa shape index (κ3) is 3.07. The van der Waals surface area contributed by atoms with Gasteiger partial charge in [-0.25, -0.2) is 0 Å². The van der Waals surface area contributed by atoms with Gasteiger partial charge in [0, 0.05) is 45.2 Å². The zero-order valence-electron chi connectivity index (χ0n) is 24.0. The summed E-state index contributed by atoms with van der Waals surface area (Å²) >= 11 is 0. The van der Waals surface area contributed by atoms with Crippen LogP contribution >= 0.6 is 0 Å². The average Bonchev–Trinajstić information content (AvgIpc) is 3.62. The van der Waals surface area contributed by atoms with Gasteiger partial charge in [-0.1, -0.05) is 91.0 Å². The zero-order chi connectivity index (χ0) is 29.2. The maximum Gasteiger partial charge on any atom is 0.261 e. The molecule has 45 heavy (non-hydrogen) atoms. The van der Waals surface area contributed by atoms with E-state index in [1.54, 1.807) is 0 Å². The second-order valence-electron chi connectivity index (χ2n) is 12.0. The highest BCUT2D eigenvalue weighted by molar-refractivity contribution is 6.99. The molecule has 0 bridgehead atoms. The molecule has 7 aromatic carbocycles. The number of nitrogens with zero attached hydrogens (tertiary/aromatic N) is 1. The third-order valence-electron chi connectivity index (χ3n) is 9.70. The number of para-hydroxylation sites is 3. The molecular formula is C40H22BNO3. The summed E-state index contributed by atoms with van der Waals surface area (Å²) in [5.41, 5.74) is 8.33. The first kappa shape index (κ1) is 23.5. The summed E-state index contributed by atoms with van der Waals surface area (Å²) in [4.78, 5) is 0. The van der Waals surface area contributed by atoms with Crippen molar-refractivity contribution in [1.29, 1.82) is 0 Å². The summed E-state index contributed by atoms with van der Waals surface area (Å²) in [5.74, 6) is 3.31. The molecular weight excluding hydrogens is 553 g/mol. The van der Waals surface area contributed by atoms with Crippen molar-refractivity contribution < 1.29 is 13.9 Å². The van der Waals surface area contributed by atoms with E-state index in [9.17, 15) is 0 Å². The topological polar surface area (TPSA) is 36.5 Å². The Morgan fingerprint density at radius 1 is 0.444 bits per heavy atom. The van der Waals surface area contributed by atoms with Gasteiger partial charge in [-0.15, -0.1) is 0 Å². The molecule has 9 aromatic rings. The van der Waals surface area contributed by atoms with Gasteiger partial charge in [-0.05, 0) is 46.0 Å². The number of benzene rings is 7. The lowest BCUT2D eigenvalue weighted by Gasteiger charge is -2.34. The fourth-order valence-corrected chi connectivity index (χ4v) is 7.81. The normalized spacial score (nSPS) is 13.2. The first-order chi connectivity index (χ1) is 22.3. The quantitative estimate of drug-likeness (QED) is 0.184. The van der Waals surface area contributed by atoms with Crippen molar-refractivity contribution in [3.63, 3.8) is 0 Å². The van der Waals surface area contributed by atoms with Crippen LogP contribution in [0.2, 0.25) is 0 Å². The van der Waals surface area contributed by atoms with Crippen molar-refractivity contribution in [3.05, 3.63) is 133 Å². The zero-order valence-corrected chi connectivity index (χ0v) is 24.0. The number of fused-ring (bicyclic) bond motifs is 12. The van der Waals surface area contributed by atoms with Crippen LogP contribution in [0.25, 0.3) is 60.2 Å². The Kier molecular flexibility index (Phi) is 4.37. The lowest BCUT2D eigenvalue weighted by molar-refractivity contribution is 0.464. The molecule has 4 heterocycles. The van der Waals surface area contributed by atoms with Crippen LogP contribution in [0.5, 0.6) is 23.0 Å². The molecule has 2 aromatic heterocycles. The van der Waals surface area contributed by atoms with Gasteiger partial charge < -0.3 is 18.5 Å². The number of hydrogen-bond acceptors (Lipinski definition) is 3. The van der Waals surface area contributed by atoms with Crippen LogP contribution < -0.4 is 25.9 Å². The molecule has 5 heteroatoms. The molecule has 11 rings (SSSR count). The van der Waals surface area contributed by atoms with Crippen LogP contribution in [0.1, 0.15) is 0 Å². The highest BCUT2D eigenvalue weighted by atomic mass is 16.5. The number of ether oxygens (including phenoxy) is 2. The second kappa shape index (κ2) is 8.37. The molecule has 2 aliphatic heterocycles. The number of hydrogen-bond donors (Lipinski definition) is 0. The van der Waals surface area contributed by atoms with E-state index in [-0.39, 0.29) is 6.71 Å². The van der Waals surface area contributed by atoms with Crippen LogP contribution in [0.4, 0.5) is 0 Å². The predicted octanol–water partition coefficient (Wildman–Crippen LogP) is 8.56. The van der Waals surface area contributed by atoms with E-state index in [1.165, 1.54) is 27.0 Å². The van der Waals surface area contributed by atoms with Crippen LogP contribution in [0, 0.1) is 0 Å². The fourth-order valence-electron chi connectivity index (χ4n) is 7.81. The molecule has 0 saturated carbocycles. The lowest BCUT2D eigenvalue weighted by Crippen LogP contribution is -2.57. The van der Waals surface area contributed by atoms with E-state index in [2.05, 4.69) is 126 Å². The van der Waals surface area contributed by atoms with Crippen molar-refractivity contribution in [2.24, 2.45) is 0 Å². The summed E-state index contributed by atoms with van der Waals surface area (Å²) in [6.45, 7) is -0.0705. The number of rotatable bonds is 1. The smallest absolute Gasteiger partial charge is 0.261 e. The predicted molar refractivity (Wildman–Crippen MR) is 183 cm³/mol. The third-order valence-corrected chi connectivity index (χ3v) is 9.70. The molecule has 0 saturated heterocycles. The molecule has 0 aliphatic carbocycles. The first-order valence-corrected chi connectivity index (χ1v) is 15.3. The highest BCUT2D eigenvalue weighted by Gasteiger charge is 2.42. The van der Waals surface area contributed by atoms with Crippen LogP contribution in [0.15, 0.2) is 138 Å². The van der Waals surface area contributed by atoms with Crippen LogP contribution in [0.3, 0.4) is 0 Å². The summed E-state index contributed by atoms with van der Waals surface area (Å²) in [5, 5.41) is 7.01. The van der Waals surface area contributed by atoms with E-state index in [0.29, 0.717) is 0 Å². The fraction of sp³-hybridized carbons (Fsp3) is 0. The van der Waals surface area contributed by atoms with Gasteiger partial charge in [-0.2, -0.15) is 0 Å². The van der Waals surface area contributed by atoms with Crippen LogP contribution in [-0.2, 0) is 0 Å². The van der Waals surface area contributed by atoms with E-state index in [0.717, 1.165) is 72.6 Å². The van der Waals surface area contributed by atoms with Crippen molar-refractivity contribution in [3.8, 4) is 28.7 Å². The van der Waals surface area contributed by atoms with Gasteiger partial charge in [0.05, 0.1) is 16.7 Å². The summed E-state index contributed by atoms with van der Waals surface area (Å²) < 4.78 is 22.3. The van der Waals surface area contributed by atoms with E-state index in [4.69, 9.17) is 13.9 Å². The lowest BCUT2D eigenvalue weighted by atomic mass is 9.34. The molecule has 0 atom stereocenters. The van der Waals surface area contributed by atoms with Gasteiger partial charge in [0.15, 0.2) is 0 Å². The van der Waals surface area contributed by atoms with Gasteiger partial charge in [-0.3, -0.25) is 0 Å². The highest BCUT2D eigenvalue weighted by Crippen LogP contribution is 2.41. The molecule has 2 aliphatic rings. The Hall–Kier alpha value is -5.94. The second-order valence-corrected chi connectivity index (χ2v) is 12.0. The van der Waals surface area contributed by atoms with E-state index < -0.39 is 0 Å². The Balaban J connectivity index is 1.24. The molecule has 0 unspecified atom stereocenters. The number of furan rings is 1. The first-order valence-electron chi connectivity index (χ1n) is 15.3. The molecule has 0 spiro atoms. The Morgan fingerprint density at radius 2 is 1.09 bits per heavy atom. The summed E-state index contributed by atoms with van der Waals surface area (Å²) in [7, 11) is 0. The van der Waals surface area contributed by atoms with Gasteiger partial charge in [0.2, 0.25) is 0 Å². The standard InChI is InChI=1S/C40H22BNO3/c1-2-10-25-23(9-1)17-18-34-39(25)41-30-21-29-28-13-5-8-16-33(28)43-35(29)22-36(30)45-38-20-24(19-37(44-34)40(38)41)42-31-14-6-3-11-26(31)27-12-4-7-15-32(27)42/h1-22H. The van der Waals surface area contributed by atoms with Crippen molar-refractivity contribution in [2.75, 3.05) is 0 Å². The minimum absolute atomic E-state index is 0.0705. The van der Waals surface area contributed by atoms with E-state index in [1.807, 2.05) is 12.1 Å². The largest absolute Gasteiger partial charge is 0.458 e. The maximum absolute atomic E-state index is 6.86. The van der Waals surface area contributed by atoms with Gasteiger partial charge in [0.25, 0.3) is 6.71 Å². The molecule has 0 fully saturated rings. The Labute approximate surface area is 257 Å². The molecule has 0 amide bonds. The van der Waals surface area contributed by atoms with Gasteiger partial charge >= 0.3 is 0 Å². The van der Waals surface area contributed by atoms with Crippen molar-refractivity contribution in [2.45, 2.75) is 0 Å². The van der Waals surface area contributed by atoms with Crippen LogP contribution in [-0.4, -0.2) is 11.3 Å². The van der Waals surface area contributed by atoms with Gasteiger partial charge in [0.1, 0.15) is 34.2 Å².